The van der Waals surface area contributed by atoms with Crippen LogP contribution in [0.1, 0.15) is 39.5 Å². The van der Waals surface area contributed by atoms with Crippen molar-refractivity contribution in [1.29, 1.82) is 0 Å². The van der Waals surface area contributed by atoms with Crippen molar-refractivity contribution in [3.8, 4) is 0 Å². The Bertz CT molecular complexity index is 843. The number of ether oxygens (including phenoxy) is 4. The molecule has 0 aromatic rings. The average Bonchev–Trinajstić information content (AvgIpc) is 3.40. The summed E-state index contributed by atoms with van der Waals surface area (Å²) in [5, 5.41) is 11.4. The maximum atomic E-state index is 17.1. The molecule has 3 saturated carbocycles. The third-order valence-electron chi connectivity index (χ3n) is 9.38. The highest BCUT2D eigenvalue weighted by Crippen LogP contribution is 2.69. The summed E-state index contributed by atoms with van der Waals surface area (Å²) in [4.78, 5) is 11.9. The fourth-order valence-corrected chi connectivity index (χ4v) is 8.11. The van der Waals surface area contributed by atoms with Crippen molar-refractivity contribution >= 4 is 5.78 Å². The second-order valence-electron chi connectivity index (χ2n) is 10.2. The van der Waals surface area contributed by atoms with Crippen LogP contribution in [0.25, 0.3) is 0 Å². The Morgan fingerprint density at radius 3 is 2.73 bits per heavy atom. The van der Waals surface area contributed by atoms with Crippen LogP contribution in [0.2, 0.25) is 0 Å². The molecular formula is C23H29FO6. The summed E-state index contributed by atoms with van der Waals surface area (Å²) in [6.45, 7) is 4.53. The molecular weight excluding hydrogens is 391 g/mol. The van der Waals surface area contributed by atoms with Crippen molar-refractivity contribution in [1.82, 2.24) is 0 Å². The summed E-state index contributed by atoms with van der Waals surface area (Å²) >= 11 is 0. The van der Waals surface area contributed by atoms with Crippen LogP contribution in [0.15, 0.2) is 23.8 Å². The number of aliphatic hydroxyl groups is 1. The highest BCUT2D eigenvalue weighted by Gasteiger charge is 2.77. The maximum absolute atomic E-state index is 17.1. The number of carbonyl (C=O) groups is 1. The zero-order chi connectivity index (χ0) is 20.9. The first-order valence-corrected chi connectivity index (χ1v) is 11.1. The minimum absolute atomic E-state index is 0.0422. The number of ketones is 1. The van der Waals surface area contributed by atoms with Gasteiger partial charge in [0, 0.05) is 11.3 Å². The number of rotatable bonds is 0. The lowest BCUT2D eigenvalue weighted by atomic mass is 9.47. The van der Waals surface area contributed by atoms with Gasteiger partial charge in [-0.1, -0.05) is 18.6 Å². The summed E-state index contributed by atoms with van der Waals surface area (Å²) in [7, 11) is 0. The van der Waals surface area contributed by atoms with Gasteiger partial charge in [-0.25, -0.2) is 4.39 Å². The molecule has 1 N–H and O–H groups in total. The number of hydrogen-bond acceptors (Lipinski definition) is 6. The van der Waals surface area contributed by atoms with E-state index in [-0.39, 0.29) is 56.1 Å². The van der Waals surface area contributed by atoms with Crippen LogP contribution in [-0.4, -0.2) is 54.2 Å². The van der Waals surface area contributed by atoms with E-state index in [1.165, 1.54) is 6.08 Å². The molecule has 0 bridgehead atoms. The van der Waals surface area contributed by atoms with Gasteiger partial charge in [0.25, 0.3) is 0 Å². The van der Waals surface area contributed by atoms with Crippen LogP contribution in [0.4, 0.5) is 4.39 Å². The van der Waals surface area contributed by atoms with Gasteiger partial charge in [-0.15, -0.1) is 0 Å². The Kier molecular flexibility index (Phi) is 3.92. The second-order valence-corrected chi connectivity index (χ2v) is 10.2. The van der Waals surface area contributed by atoms with Crippen molar-refractivity contribution in [2.45, 2.75) is 62.7 Å². The largest absolute Gasteiger partial charge is 0.390 e. The van der Waals surface area contributed by atoms with Crippen molar-refractivity contribution in [2.24, 2.45) is 29.1 Å². The van der Waals surface area contributed by atoms with E-state index in [1.54, 1.807) is 12.2 Å². The molecule has 5 fully saturated rings. The van der Waals surface area contributed by atoms with Gasteiger partial charge in [-0.05, 0) is 62.5 Å². The molecule has 164 valence electrons. The summed E-state index contributed by atoms with van der Waals surface area (Å²) in [5.74, 6) is -1.36. The first-order chi connectivity index (χ1) is 14.3. The van der Waals surface area contributed by atoms with Crippen molar-refractivity contribution in [2.75, 3.05) is 20.2 Å². The molecule has 6 nitrogen and oxygen atoms in total. The standard InChI is InChI=1S/C23H29FO6/c1-13-7-16-17-4-3-14-8-15(25)5-6-20(14,2)22(17,24)19(26)9-18(16)23(13)21(29-12-30-23)10-27-11-28-21/h5-6,8,13,16-19,26H,3-4,7,9-12H2,1-2H3/t13-,16+,17+,18?,19+,20+,21?,22+,23-/m1/s1. The van der Waals surface area contributed by atoms with Crippen LogP contribution in [0, 0.1) is 29.1 Å². The van der Waals surface area contributed by atoms with E-state index >= 15 is 4.39 Å². The summed E-state index contributed by atoms with van der Waals surface area (Å²) in [5.41, 5.74) is -2.73. The van der Waals surface area contributed by atoms with Crippen molar-refractivity contribution < 1.29 is 33.2 Å². The number of aliphatic hydroxyl groups excluding tert-OH is 1. The first-order valence-electron chi connectivity index (χ1n) is 11.1. The Hall–Kier alpha value is -1.12. The van der Waals surface area contributed by atoms with Gasteiger partial charge in [0.2, 0.25) is 5.79 Å². The molecule has 0 radical (unpaired) electrons. The van der Waals surface area contributed by atoms with Gasteiger partial charge in [0.1, 0.15) is 12.2 Å². The molecule has 30 heavy (non-hydrogen) atoms. The molecule has 0 aromatic heterocycles. The molecule has 0 amide bonds. The van der Waals surface area contributed by atoms with Crippen LogP contribution < -0.4 is 0 Å². The van der Waals surface area contributed by atoms with E-state index in [1.807, 2.05) is 6.92 Å². The van der Waals surface area contributed by atoms with E-state index in [0.717, 1.165) is 12.0 Å². The molecule has 2 heterocycles. The normalized spacial score (nSPS) is 56.9. The van der Waals surface area contributed by atoms with Gasteiger partial charge < -0.3 is 24.1 Å². The molecule has 7 heteroatoms. The van der Waals surface area contributed by atoms with Crippen LogP contribution in [0.5, 0.6) is 0 Å². The quantitative estimate of drug-likeness (QED) is 0.650. The number of halogens is 1. The zero-order valence-electron chi connectivity index (χ0n) is 17.4. The summed E-state index contributed by atoms with van der Waals surface area (Å²) < 4.78 is 40.9. The summed E-state index contributed by atoms with van der Waals surface area (Å²) in [6, 6.07) is 0. The molecule has 2 unspecified atom stereocenters. The van der Waals surface area contributed by atoms with Crippen LogP contribution in [0.3, 0.4) is 0 Å². The fourth-order valence-electron chi connectivity index (χ4n) is 8.11. The lowest BCUT2D eigenvalue weighted by Crippen LogP contribution is -2.68. The van der Waals surface area contributed by atoms with Gasteiger partial charge in [-0.2, -0.15) is 0 Å². The minimum Gasteiger partial charge on any atom is -0.390 e. The predicted molar refractivity (Wildman–Crippen MR) is 103 cm³/mol. The molecule has 2 spiro atoms. The average molecular weight is 420 g/mol. The van der Waals surface area contributed by atoms with E-state index in [4.69, 9.17) is 18.9 Å². The van der Waals surface area contributed by atoms with Gasteiger partial charge in [0.05, 0.1) is 6.10 Å². The molecule has 0 aromatic carbocycles. The molecule has 2 aliphatic heterocycles. The van der Waals surface area contributed by atoms with Gasteiger partial charge in [-0.3, -0.25) is 4.79 Å². The predicted octanol–water partition coefficient (Wildman–Crippen LogP) is 2.66. The summed E-state index contributed by atoms with van der Waals surface area (Å²) in [6.07, 6.45) is 5.91. The Morgan fingerprint density at radius 2 is 1.97 bits per heavy atom. The monoisotopic (exact) mass is 420 g/mol. The van der Waals surface area contributed by atoms with Crippen molar-refractivity contribution in [3.63, 3.8) is 0 Å². The Morgan fingerprint density at radius 1 is 1.17 bits per heavy atom. The Labute approximate surface area is 175 Å². The smallest absolute Gasteiger partial charge is 0.226 e. The van der Waals surface area contributed by atoms with Crippen LogP contribution in [-0.2, 0) is 23.7 Å². The van der Waals surface area contributed by atoms with Gasteiger partial charge >= 0.3 is 0 Å². The number of hydrogen-bond donors (Lipinski definition) is 1. The SMILES string of the molecule is C[C@@H]1C[C@@H]2C(C[C@H](O)[C@@]3(F)[C@H]2CCC2=CC(=O)C=C[C@@]23C)[C@]12OCOC21COCO1. The van der Waals surface area contributed by atoms with E-state index in [9.17, 15) is 9.90 Å². The fraction of sp³-hybridized carbons (Fsp3) is 0.783. The van der Waals surface area contributed by atoms with E-state index in [2.05, 4.69) is 6.92 Å². The third kappa shape index (κ3) is 2.00. The lowest BCUT2D eigenvalue weighted by Gasteiger charge is -2.60. The molecule has 6 aliphatic rings. The van der Waals surface area contributed by atoms with Crippen molar-refractivity contribution in [3.05, 3.63) is 23.8 Å². The molecule has 6 rings (SSSR count). The minimum atomic E-state index is -1.82. The maximum Gasteiger partial charge on any atom is 0.226 e. The van der Waals surface area contributed by atoms with E-state index < -0.39 is 28.6 Å². The number of fused-ring (bicyclic) bond motifs is 7. The van der Waals surface area contributed by atoms with E-state index in [0.29, 0.717) is 12.8 Å². The molecule has 2 saturated heterocycles. The Balaban J connectivity index is 1.44. The highest BCUT2D eigenvalue weighted by atomic mass is 19.1. The first kappa shape index (κ1) is 19.6. The third-order valence-corrected chi connectivity index (χ3v) is 9.38. The second kappa shape index (κ2) is 6.01. The molecule has 9 atom stereocenters. The number of alkyl halides is 1. The van der Waals surface area contributed by atoms with Gasteiger partial charge in [0.15, 0.2) is 25.0 Å². The molecule has 4 aliphatic carbocycles. The number of allylic oxidation sites excluding steroid dienone is 4. The zero-order valence-corrected chi connectivity index (χ0v) is 17.4. The lowest BCUT2D eigenvalue weighted by molar-refractivity contribution is -0.249. The highest BCUT2D eigenvalue weighted by molar-refractivity contribution is 6.01. The topological polar surface area (TPSA) is 74.2 Å². The number of carbonyl (C=O) groups excluding carboxylic acids is 1. The van der Waals surface area contributed by atoms with Crippen LogP contribution >= 0.6 is 0 Å².